The highest BCUT2D eigenvalue weighted by molar-refractivity contribution is 9.10. The molecule has 4 heteroatoms. The van der Waals surface area contributed by atoms with E-state index in [4.69, 9.17) is 9.47 Å². The molecule has 0 aromatic heterocycles. The van der Waals surface area contributed by atoms with E-state index >= 15 is 0 Å². The Labute approximate surface area is 91.2 Å². The topological polar surface area (TPSA) is 18.5 Å². The van der Waals surface area contributed by atoms with E-state index in [-0.39, 0.29) is 0 Å². The highest BCUT2D eigenvalue weighted by Crippen LogP contribution is 2.38. The monoisotopic (exact) mass is 262 g/mol. The lowest BCUT2D eigenvalue weighted by Gasteiger charge is -2.12. The zero-order chi connectivity index (χ0) is 10.7. The van der Waals surface area contributed by atoms with Crippen LogP contribution in [0.2, 0.25) is 0 Å². The number of rotatable bonds is 3. The minimum atomic E-state index is -1.02. The summed E-state index contributed by atoms with van der Waals surface area (Å²) < 4.78 is 23.9. The average molecular weight is 263 g/mol. The Kier molecular flexibility index (Phi) is 3.75. The third-order valence-electron chi connectivity index (χ3n) is 1.92. The van der Waals surface area contributed by atoms with Crippen molar-refractivity contribution < 1.29 is 13.9 Å². The van der Waals surface area contributed by atoms with E-state index in [1.807, 2.05) is 0 Å². The normalized spacial score (nSPS) is 12.4. The van der Waals surface area contributed by atoms with E-state index in [2.05, 4.69) is 15.9 Å². The molecule has 0 N–H and O–H groups in total. The van der Waals surface area contributed by atoms with Gasteiger partial charge in [0.05, 0.1) is 18.7 Å². The summed E-state index contributed by atoms with van der Waals surface area (Å²) in [5.74, 6) is 1.11. The Balaban J connectivity index is 3.24. The predicted molar refractivity (Wildman–Crippen MR) is 56.8 cm³/mol. The quantitative estimate of drug-likeness (QED) is 0.830. The predicted octanol–water partition coefficient (Wildman–Crippen LogP) is 3.50. The van der Waals surface area contributed by atoms with E-state index in [0.29, 0.717) is 21.5 Å². The molecular weight excluding hydrogens is 251 g/mol. The van der Waals surface area contributed by atoms with Crippen LogP contribution in [0.5, 0.6) is 11.5 Å². The number of methoxy groups -OCH3 is 2. The molecule has 0 aliphatic carbocycles. The van der Waals surface area contributed by atoms with E-state index in [1.54, 1.807) is 19.2 Å². The number of ether oxygens (including phenoxy) is 2. The minimum Gasteiger partial charge on any atom is -0.493 e. The molecule has 1 aromatic rings. The van der Waals surface area contributed by atoms with Crippen molar-refractivity contribution in [2.24, 2.45) is 0 Å². The summed E-state index contributed by atoms with van der Waals surface area (Å²) in [4.78, 5) is 0. The van der Waals surface area contributed by atoms with Gasteiger partial charge in [0.1, 0.15) is 6.17 Å². The van der Waals surface area contributed by atoms with Gasteiger partial charge < -0.3 is 9.47 Å². The second-order valence-electron chi connectivity index (χ2n) is 2.85. The molecule has 2 nitrogen and oxygen atoms in total. The zero-order valence-corrected chi connectivity index (χ0v) is 9.89. The summed E-state index contributed by atoms with van der Waals surface area (Å²) in [6, 6.07) is 3.32. The molecule has 78 valence electrons. The summed E-state index contributed by atoms with van der Waals surface area (Å²) in [5.41, 5.74) is 0.564. The molecule has 0 saturated heterocycles. The SMILES string of the molecule is COc1cc(C(C)F)cc(Br)c1OC. The molecule has 0 spiro atoms. The van der Waals surface area contributed by atoms with Gasteiger partial charge in [-0.1, -0.05) is 0 Å². The van der Waals surface area contributed by atoms with Crippen molar-refractivity contribution in [2.45, 2.75) is 13.1 Å². The van der Waals surface area contributed by atoms with Crippen molar-refractivity contribution in [1.29, 1.82) is 0 Å². The molecule has 0 bridgehead atoms. The summed E-state index contributed by atoms with van der Waals surface area (Å²) in [7, 11) is 3.07. The summed E-state index contributed by atoms with van der Waals surface area (Å²) >= 11 is 3.30. The molecule has 1 aromatic carbocycles. The van der Waals surface area contributed by atoms with Gasteiger partial charge >= 0.3 is 0 Å². The molecule has 0 aliphatic rings. The van der Waals surface area contributed by atoms with Gasteiger partial charge in [0.25, 0.3) is 0 Å². The van der Waals surface area contributed by atoms with Crippen LogP contribution in [0.4, 0.5) is 4.39 Å². The largest absolute Gasteiger partial charge is 0.493 e. The van der Waals surface area contributed by atoms with Gasteiger partial charge in [0.15, 0.2) is 11.5 Å². The molecule has 0 aliphatic heterocycles. The van der Waals surface area contributed by atoms with Crippen LogP contribution in [0.1, 0.15) is 18.7 Å². The second kappa shape index (κ2) is 4.64. The smallest absolute Gasteiger partial charge is 0.174 e. The van der Waals surface area contributed by atoms with Crippen LogP contribution in [0.25, 0.3) is 0 Å². The fraction of sp³-hybridized carbons (Fsp3) is 0.400. The Morgan fingerprint density at radius 1 is 1.29 bits per heavy atom. The van der Waals surface area contributed by atoms with Crippen molar-refractivity contribution in [3.8, 4) is 11.5 Å². The molecule has 0 radical (unpaired) electrons. The fourth-order valence-corrected chi connectivity index (χ4v) is 1.79. The number of hydrogen-bond donors (Lipinski definition) is 0. The van der Waals surface area contributed by atoms with Crippen molar-refractivity contribution in [3.63, 3.8) is 0 Å². The maximum atomic E-state index is 13.0. The van der Waals surface area contributed by atoms with E-state index in [1.165, 1.54) is 14.0 Å². The fourth-order valence-electron chi connectivity index (χ4n) is 1.17. The van der Waals surface area contributed by atoms with Gasteiger partial charge in [0, 0.05) is 0 Å². The molecule has 0 saturated carbocycles. The first-order valence-electron chi connectivity index (χ1n) is 4.15. The van der Waals surface area contributed by atoms with E-state index < -0.39 is 6.17 Å². The standard InChI is InChI=1S/C10H12BrFO2/c1-6(12)7-4-8(11)10(14-3)9(5-7)13-2/h4-6H,1-3H3. The molecule has 0 fully saturated rings. The van der Waals surface area contributed by atoms with Gasteiger partial charge in [-0.15, -0.1) is 0 Å². The molecule has 1 atom stereocenters. The average Bonchev–Trinajstić information content (AvgIpc) is 2.16. The Hall–Kier alpha value is -0.770. The molecule has 0 heterocycles. The number of halogens is 2. The van der Waals surface area contributed by atoms with Crippen LogP contribution in [-0.2, 0) is 0 Å². The molecule has 1 unspecified atom stereocenters. The lowest BCUT2D eigenvalue weighted by molar-refractivity contribution is 0.345. The maximum absolute atomic E-state index is 13.0. The highest BCUT2D eigenvalue weighted by atomic mass is 79.9. The molecule has 1 rings (SSSR count). The maximum Gasteiger partial charge on any atom is 0.174 e. The number of hydrogen-bond acceptors (Lipinski definition) is 2. The summed E-state index contributed by atoms with van der Waals surface area (Å²) in [5, 5.41) is 0. The first-order valence-corrected chi connectivity index (χ1v) is 4.95. The van der Waals surface area contributed by atoms with Crippen LogP contribution >= 0.6 is 15.9 Å². The molecule has 14 heavy (non-hydrogen) atoms. The molecular formula is C10H12BrFO2. The Morgan fingerprint density at radius 2 is 1.93 bits per heavy atom. The third kappa shape index (κ3) is 2.18. The summed E-state index contributed by atoms with van der Waals surface area (Å²) in [6.07, 6.45) is -1.02. The van der Waals surface area contributed by atoms with Gasteiger partial charge in [-0.2, -0.15) is 0 Å². The third-order valence-corrected chi connectivity index (χ3v) is 2.50. The van der Waals surface area contributed by atoms with Crippen molar-refractivity contribution in [1.82, 2.24) is 0 Å². The van der Waals surface area contributed by atoms with Gasteiger partial charge in [0.2, 0.25) is 0 Å². The minimum absolute atomic E-state index is 0.529. The highest BCUT2D eigenvalue weighted by Gasteiger charge is 2.13. The molecule has 0 amide bonds. The van der Waals surface area contributed by atoms with Crippen LogP contribution in [0.3, 0.4) is 0 Å². The number of benzene rings is 1. The Morgan fingerprint density at radius 3 is 2.36 bits per heavy atom. The van der Waals surface area contributed by atoms with Crippen LogP contribution < -0.4 is 9.47 Å². The zero-order valence-electron chi connectivity index (χ0n) is 8.30. The van der Waals surface area contributed by atoms with Crippen LogP contribution in [0.15, 0.2) is 16.6 Å². The first kappa shape index (κ1) is 11.3. The van der Waals surface area contributed by atoms with Crippen molar-refractivity contribution in [2.75, 3.05) is 14.2 Å². The van der Waals surface area contributed by atoms with E-state index in [9.17, 15) is 4.39 Å². The van der Waals surface area contributed by atoms with Gasteiger partial charge in [-0.25, -0.2) is 4.39 Å². The van der Waals surface area contributed by atoms with Crippen molar-refractivity contribution >= 4 is 15.9 Å². The Bertz CT molecular complexity index is 326. The lowest BCUT2D eigenvalue weighted by Crippen LogP contribution is -1.94. The van der Waals surface area contributed by atoms with Crippen LogP contribution in [0, 0.1) is 0 Å². The second-order valence-corrected chi connectivity index (χ2v) is 3.71. The van der Waals surface area contributed by atoms with Crippen molar-refractivity contribution in [3.05, 3.63) is 22.2 Å². The lowest BCUT2D eigenvalue weighted by atomic mass is 10.1. The van der Waals surface area contributed by atoms with Gasteiger partial charge in [-0.3, -0.25) is 0 Å². The van der Waals surface area contributed by atoms with Gasteiger partial charge in [-0.05, 0) is 40.5 Å². The van der Waals surface area contributed by atoms with Crippen LogP contribution in [-0.4, -0.2) is 14.2 Å². The summed E-state index contributed by atoms with van der Waals surface area (Å²) in [6.45, 7) is 1.48. The first-order chi connectivity index (χ1) is 6.60. The number of alkyl halides is 1. The van der Waals surface area contributed by atoms with E-state index in [0.717, 1.165) is 0 Å².